The van der Waals surface area contributed by atoms with Gasteiger partial charge in [-0.25, -0.2) is 0 Å². The minimum Gasteiger partial charge on any atom is -0.387 e. The summed E-state index contributed by atoms with van der Waals surface area (Å²) in [4.78, 5) is 14.4. The molecule has 0 saturated heterocycles. The van der Waals surface area contributed by atoms with Gasteiger partial charge in [0.25, 0.3) is 5.91 Å². The van der Waals surface area contributed by atoms with Crippen molar-refractivity contribution in [2.24, 2.45) is 0 Å². The predicted octanol–water partition coefficient (Wildman–Crippen LogP) is 2.60. The number of anilines is 1. The first-order valence-electron chi connectivity index (χ1n) is 7.68. The number of benzene rings is 2. The van der Waals surface area contributed by atoms with E-state index in [2.05, 4.69) is 0 Å². The summed E-state index contributed by atoms with van der Waals surface area (Å²) in [5, 5.41) is 20.1. The summed E-state index contributed by atoms with van der Waals surface area (Å²) in [6.07, 6.45) is -1.77. The van der Waals surface area contributed by atoms with Crippen LogP contribution >= 0.6 is 0 Å². The van der Waals surface area contributed by atoms with Crippen molar-refractivity contribution in [1.29, 1.82) is 5.26 Å². The molecule has 2 aromatic rings. The molecule has 1 aliphatic rings. The van der Waals surface area contributed by atoms with Gasteiger partial charge in [0.15, 0.2) is 6.04 Å². The fourth-order valence-electron chi connectivity index (χ4n) is 3.07. The van der Waals surface area contributed by atoms with Crippen molar-refractivity contribution < 1.29 is 14.6 Å². The van der Waals surface area contributed by atoms with Crippen LogP contribution in [0.25, 0.3) is 0 Å². The first-order valence-corrected chi connectivity index (χ1v) is 7.68. The van der Waals surface area contributed by atoms with Gasteiger partial charge in [-0.2, -0.15) is 5.26 Å². The Morgan fingerprint density at radius 2 is 1.88 bits per heavy atom. The Bertz CT molecular complexity index is 795. The molecule has 1 aliphatic heterocycles. The van der Waals surface area contributed by atoms with Crippen molar-refractivity contribution in [3.05, 3.63) is 65.2 Å². The van der Waals surface area contributed by atoms with Crippen molar-refractivity contribution in [1.82, 2.24) is 0 Å². The lowest BCUT2D eigenvalue weighted by molar-refractivity contribution is -0.0233. The largest absolute Gasteiger partial charge is 0.387 e. The number of nitriles is 1. The zero-order valence-electron chi connectivity index (χ0n) is 13.5. The average Bonchev–Trinajstić information content (AvgIpc) is 2.61. The lowest BCUT2D eigenvalue weighted by Gasteiger charge is -2.40. The fraction of sp³-hybridized carbons (Fsp3) is 0.263. The van der Waals surface area contributed by atoms with Gasteiger partial charge in [0.05, 0.1) is 11.8 Å². The molecule has 3 rings (SSSR count). The number of amides is 1. The number of rotatable bonds is 2. The number of ether oxygens (including phenoxy) is 1. The van der Waals surface area contributed by atoms with Gasteiger partial charge in [0, 0.05) is 18.2 Å². The lowest BCUT2D eigenvalue weighted by atomic mass is 9.90. The Labute approximate surface area is 140 Å². The molecule has 2 aromatic carbocycles. The number of nitrogens with zero attached hydrogens (tertiary/aromatic N) is 2. The summed E-state index contributed by atoms with van der Waals surface area (Å²) in [6, 6.07) is 15.4. The van der Waals surface area contributed by atoms with E-state index in [0.717, 1.165) is 5.56 Å². The SMILES string of the molecule is CO[C@H]1c2ccccc2N(C(=O)c2ccc(C)cc2)[C@@H](C#N)[C@@H]1O. The van der Waals surface area contributed by atoms with Crippen molar-refractivity contribution in [3.63, 3.8) is 0 Å². The van der Waals surface area contributed by atoms with Crippen molar-refractivity contribution in [2.75, 3.05) is 12.0 Å². The molecular formula is C19H18N2O3. The second-order valence-corrected chi connectivity index (χ2v) is 5.82. The molecule has 0 radical (unpaired) electrons. The number of hydrogen-bond donors (Lipinski definition) is 1. The van der Waals surface area contributed by atoms with E-state index in [1.807, 2.05) is 31.2 Å². The van der Waals surface area contributed by atoms with Crippen LogP contribution in [0, 0.1) is 18.3 Å². The first kappa shape index (κ1) is 16.2. The van der Waals surface area contributed by atoms with Crippen LogP contribution < -0.4 is 4.90 Å². The molecule has 0 saturated carbocycles. The second kappa shape index (κ2) is 6.44. The van der Waals surface area contributed by atoms with Gasteiger partial charge in [-0.15, -0.1) is 0 Å². The van der Waals surface area contributed by atoms with Crippen LogP contribution in [-0.2, 0) is 4.74 Å². The van der Waals surface area contributed by atoms with E-state index in [0.29, 0.717) is 16.8 Å². The number of para-hydroxylation sites is 1. The van der Waals surface area contributed by atoms with Crippen LogP contribution in [0.4, 0.5) is 5.69 Å². The molecular weight excluding hydrogens is 304 g/mol. The van der Waals surface area contributed by atoms with Crippen molar-refractivity contribution in [3.8, 4) is 6.07 Å². The third kappa shape index (κ3) is 2.56. The van der Waals surface area contributed by atoms with Gasteiger partial charge >= 0.3 is 0 Å². The molecule has 0 fully saturated rings. The Balaban J connectivity index is 2.12. The molecule has 0 unspecified atom stereocenters. The van der Waals surface area contributed by atoms with E-state index in [9.17, 15) is 15.2 Å². The van der Waals surface area contributed by atoms with E-state index in [1.54, 1.807) is 30.3 Å². The summed E-state index contributed by atoms with van der Waals surface area (Å²) in [5.41, 5.74) is 2.80. The molecule has 1 N–H and O–H groups in total. The van der Waals surface area contributed by atoms with E-state index in [4.69, 9.17) is 4.74 Å². The number of hydrogen-bond acceptors (Lipinski definition) is 4. The maximum absolute atomic E-state index is 13.0. The number of carbonyl (C=O) groups is 1. The Morgan fingerprint density at radius 3 is 2.50 bits per heavy atom. The van der Waals surface area contributed by atoms with E-state index in [1.165, 1.54) is 12.0 Å². The highest BCUT2D eigenvalue weighted by atomic mass is 16.5. The van der Waals surface area contributed by atoms with E-state index in [-0.39, 0.29) is 5.91 Å². The fourth-order valence-corrected chi connectivity index (χ4v) is 3.07. The molecule has 0 aromatic heterocycles. The monoisotopic (exact) mass is 322 g/mol. The van der Waals surface area contributed by atoms with Crippen LogP contribution in [0.2, 0.25) is 0 Å². The van der Waals surface area contributed by atoms with Gasteiger partial charge in [-0.05, 0) is 25.1 Å². The molecule has 3 atom stereocenters. The van der Waals surface area contributed by atoms with Gasteiger partial charge in [-0.1, -0.05) is 35.9 Å². The third-order valence-electron chi connectivity index (χ3n) is 4.32. The maximum atomic E-state index is 13.0. The molecule has 24 heavy (non-hydrogen) atoms. The van der Waals surface area contributed by atoms with Crippen LogP contribution in [0.5, 0.6) is 0 Å². The highest BCUT2D eigenvalue weighted by molar-refractivity contribution is 6.07. The van der Waals surface area contributed by atoms with Crippen molar-refractivity contribution in [2.45, 2.75) is 25.2 Å². The first-order chi connectivity index (χ1) is 11.6. The molecule has 0 spiro atoms. The van der Waals surface area contributed by atoms with Gasteiger partial charge in [0.1, 0.15) is 12.2 Å². The van der Waals surface area contributed by atoms with E-state index < -0.39 is 18.2 Å². The molecule has 1 heterocycles. The number of fused-ring (bicyclic) bond motifs is 1. The lowest BCUT2D eigenvalue weighted by Crippen LogP contribution is -2.52. The minimum atomic E-state index is -1.12. The molecule has 0 aliphatic carbocycles. The maximum Gasteiger partial charge on any atom is 0.259 e. The zero-order chi connectivity index (χ0) is 17.3. The Morgan fingerprint density at radius 1 is 1.21 bits per heavy atom. The van der Waals surface area contributed by atoms with Crippen molar-refractivity contribution >= 4 is 11.6 Å². The van der Waals surface area contributed by atoms with Gasteiger partial charge in [0.2, 0.25) is 0 Å². The van der Waals surface area contributed by atoms with Gasteiger partial charge < -0.3 is 9.84 Å². The molecule has 122 valence electrons. The molecule has 5 heteroatoms. The van der Waals surface area contributed by atoms with Crippen LogP contribution in [0.15, 0.2) is 48.5 Å². The average molecular weight is 322 g/mol. The second-order valence-electron chi connectivity index (χ2n) is 5.82. The normalized spacial score (nSPS) is 22.6. The molecule has 1 amide bonds. The third-order valence-corrected chi connectivity index (χ3v) is 4.32. The highest BCUT2D eigenvalue weighted by Crippen LogP contribution is 2.39. The number of aliphatic hydroxyl groups excluding tert-OH is 1. The highest BCUT2D eigenvalue weighted by Gasteiger charge is 2.43. The smallest absolute Gasteiger partial charge is 0.259 e. The summed E-state index contributed by atoms with van der Waals surface area (Å²) < 4.78 is 5.37. The standard InChI is InChI=1S/C19H18N2O3/c1-12-7-9-13(10-8-12)19(23)21-15-6-4-3-5-14(15)18(24-2)17(22)16(21)11-20/h3-10,16-18,22H,1-2H3/t16-,17-,18-/m0/s1. The molecule has 0 bridgehead atoms. The summed E-state index contributed by atoms with van der Waals surface area (Å²) in [6.45, 7) is 1.94. The van der Waals surface area contributed by atoms with Crippen LogP contribution in [0.3, 0.4) is 0 Å². The topological polar surface area (TPSA) is 73.6 Å². The zero-order valence-corrected chi connectivity index (χ0v) is 13.5. The number of aliphatic hydroxyl groups is 1. The minimum absolute atomic E-state index is 0.317. The Hall–Kier alpha value is -2.68. The summed E-state index contributed by atoms with van der Waals surface area (Å²) in [7, 11) is 1.48. The predicted molar refractivity (Wildman–Crippen MR) is 89.6 cm³/mol. The summed E-state index contributed by atoms with van der Waals surface area (Å²) >= 11 is 0. The van der Waals surface area contributed by atoms with Crippen LogP contribution in [-0.4, -0.2) is 30.3 Å². The summed E-state index contributed by atoms with van der Waals surface area (Å²) in [5.74, 6) is -0.317. The van der Waals surface area contributed by atoms with Crippen LogP contribution in [0.1, 0.15) is 27.6 Å². The number of carbonyl (C=O) groups excluding carboxylic acids is 1. The Kier molecular flexibility index (Phi) is 4.34. The van der Waals surface area contributed by atoms with E-state index >= 15 is 0 Å². The van der Waals surface area contributed by atoms with Gasteiger partial charge in [-0.3, -0.25) is 9.69 Å². The number of aryl methyl sites for hydroxylation is 1. The number of methoxy groups -OCH3 is 1. The molecule has 5 nitrogen and oxygen atoms in total. The quantitative estimate of drug-likeness (QED) is 0.922.